The lowest BCUT2D eigenvalue weighted by Crippen LogP contribution is -2.29. The summed E-state index contributed by atoms with van der Waals surface area (Å²) >= 11 is 19.1. The van der Waals surface area contributed by atoms with Crippen molar-refractivity contribution in [1.29, 1.82) is 0 Å². The Labute approximate surface area is 230 Å². The number of nitrogens with zero attached hydrogens (tertiary/aromatic N) is 3. The molecule has 35 heavy (non-hydrogen) atoms. The molecule has 0 aliphatic heterocycles. The molecule has 0 bridgehead atoms. The third-order valence-corrected chi connectivity index (χ3v) is 6.87. The first-order valence-electron chi connectivity index (χ1n) is 10.7. The number of aromatic nitrogens is 2. The van der Waals surface area contributed by atoms with Crippen molar-refractivity contribution in [3.8, 4) is 5.75 Å². The van der Waals surface area contributed by atoms with Crippen LogP contribution in [0.4, 0.5) is 0 Å². The van der Waals surface area contributed by atoms with Crippen molar-refractivity contribution in [2.75, 3.05) is 0 Å². The van der Waals surface area contributed by atoms with Crippen LogP contribution in [-0.2, 0) is 12.0 Å². The van der Waals surface area contributed by atoms with E-state index in [9.17, 15) is 4.79 Å². The smallest absolute Gasteiger partial charge is 0.282 e. The van der Waals surface area contributed by atoms with Gasteiger partial charge >= 0.3 is 0 Å². The lowest BCUT2D eigenvalue weighted by atomic mass is 9.95. The van der Waals surface area contributed by atoms with E-state index in [1.165, 1.54) is 4.68 Å². The second kappa shape index (κ2) is 10.4. The normalized spacial score (nSPS) is 12.0. The minimum Gasteiger partial charge on any atom is -0.488 e. The van der Waals surface area contributed by atoms with Crippen molar-refractivity contribution in [1.82, 2.24) is 9.66 Å². The monoisotopic (exact) mass is 635 g/mol. The molecule has 0 aliphatic carbocycles. The molecule has 0 saturated carbocycles. The molecular formula is C26H21Br2Cl2N3O2. The van der Waals surface area contributed by atoms with E-state index in [-0.39, 0.29) is 12.2 Å². The van der Waals surface area contributed by atoms with Gasteiger partial charge in [0.25, 0.3) is 5.56 Å². The third-order valence-electron chi connectivity index (χ3n) is 5.14. The van der Waals surface area contributed by atoms with Gasteiger partial charge in [-0.15, -0.1) is 0 Å². The van der Waals surface area contributed by atoms with Gasteiger partial charge in [-0.25, -0.2) is 4.98 Å². The fourth-order valence-corrected chi connectivity index (χ4v) is 4.46. The number of hydrogen-bond acceptors (Lipinski definition) is 4. The molecule has 4 rings (SSSR count). The van der Waals surface area contributed by atoms with Crippen molar-refractivity contribution in [3.63, 3.8) is 0 Å². The van der Waals surface area contributed by atoms with Gasteiger partial charge in [0.05, 0.1) is 27.2 Å². The van der Waals surface area contributed by atoms with Crippen LogP contribution in [0.1, 0.15) is 37.7 Å². The fraction of sp³-hybridized carbons (Fsp3) is 0.192. The van der Waals surface area contributed by atoms with Crippen LogP contribution >= 0.6 is 55.1 Å². The number of fused-ring (bicyclic) bond motifs is 1. The topological polar surface area (TPSA) is 56.5 Å². The van der Waals surface area contributed by atoms with E-state index in [0.29, 0.717) is 38.1 Å². The first kappa shape index (κ1) is 25.9. The molecule has 0 aliphatic rings. The van der Waals surface area contributed by atoms with Gasteiger partial charge in [0, 0.05) is 19.9 Å². The molecule has 1 aromatic heterocycles. The lowest BCUT2D eigenvalue weighted by Gasteiger charge is -2.21. The van der Waals surface area contributed by atoms with Crippen molar-refractivity contribution in [3.05, 3.63) is 101 Å². The second-order valence-electron chi connectivity index (χ2n) is 8.93. The Morgan fingerprint density at radius 1 is 1.00 bits per heavy atom. The Morgan fingerprint density at radius 2 is 1.71 bits per heavy atom. The van der Waals surface area contributed by atoms with Crippen LogP contribution in [-0.4, -0.2) is 15.9 Å². The molecule has 0 spiro atoms. The summed E-state index contributed by atoms with van der Waals surface area (Å²) in [5.74, 6) is 1.16. The van der Waals surface area contributed by atoms with Gasteiger partial charge in [-0.05, 0) is 54.1 Å². The van der Waals surface area contributed by atoms with Gasteiger partial charge in [-0.3, -0.25) is 4.79 Å². The van der Waals surface area contributed by atoms with E-state index >= 15 is 0 Å². The zero-order valence-corrected chi connectivity index (χ0v) is 23.8. The highest BCUT2D eigenvalue weighted by Gasteiger charge is 2.23. The molecule has 5 nitrogen and oxygen atoms in total. The lowest BCUT2D eigenvalue weighted by molar-refractivity contribution is 0.305. The molecule has 3 aromatic carbocycles. The molecule has 180 valence electrons. The maximum Gasteiger partial charge on any atom is 0.282 e. The van der Waals surface area contributed by atoms with Crippen molar-refractivity contribution in [2.45, 2.75) is 32.8 Å². The number of hydrogen-bond donors (Lipinski definition) is 0. The van der Waals surface area contributed by atoms with Crippen LogP contribution in [0.3, 0.4) is 0 Å². The van der Waals surface area contributed by atoms with E-state index in [0.717, 1.165) is 14.5 Å². The summed E-state index contributed by atoms with van der Waals surface area (Å²) in [5, 5.41) is 6.00. The van der Waals surface area contributed by atoms with Gasteiger partial charge in [-0.1, -0.05) is 81.9 Å². The Hall–Kier alpha value is -2.19. The first-order chi connectivity index (χ1) is 16.5. The number of ether oxygens (including phenoxy) is 1. The van der Waals surface area contributed by atoms with Gasteiger partial charge in [-0.2, -0.15) is 9.78 Å². The van der Waals surface area contributed by atoms with Crippen LogP contribution < -0.4 is 10.3 Å². The van der Waals surface area contributed by atoms with E-state index in [2.05, 4.69) is 37.0 Å². The van der Waals surface area contributed by atoms with Crippen LogP contribution in [0.25, 0.3) is 10.9 Å². The molecule has 1 heterocycles. The van der Waals surface area contributed by atoms with Crippen LogP contribution in [0.2, 0.25) is 10.0 Å². The highest BCUT2D eigenvalue weighted by molar-refractivity contribution is 9.10. The van der Waals surface area contributed by atoms with E-state index in [1.54, 1.807) is 24.4 Å². The summed E-state index contributed by atoms with van der Waals surface area (Å²) in [7, 11) is 0. The number of halogens is 4. The Bertz CT molecular complexity index is 1510. The van der Waals surface area contributed by atoms with E-state index < -0.39 is 5.41 Å². The molecule has 0 saturated heterocycles. The molecule has 9 heteroatoms. The number of rotatable bonds is 5. The molecule has 4 aromatic rings. The molecule has 0 unspecified atom stereocenters. The highest BCUT2D eigenvalue weighted by Crippen LogP contribution is 2.27. The van der Waals surface area contributed by atoms with Crippen LogP contribution in [0, 0.1) is 0 Å². The highest BCUT2D eigenvalue weighted by atomic mass is 79.9. The average molecular weight is 638 g/mol. The Balaban J connectivity index is 1.75. The SMILES string of the molecule is CC(C)(C)c1nc2ccc(Br)cc2c(=O)n1N=Cc1cc(Br)ccc1OCc1ccc(Cl)c(Cl)c1. The fourth-order valence-electron chi connectivity index (χ4n) is 3.40. The molecule has 0 fully saturated rings. The summed E-state index contributed by atoms with van der Waals surface area (Å²) < 4.78 is 9.06. The maximum atomic E-state index is 13.4. The van der Waals surface area contributed by atoms with E-state index in [1.807, 2.05) is 57.2 Å². The zero-order chi connectivity index (χ0) is 25.3. The van der Waals surface area contributed by atoms with Crippen molar-refractivity contribution in [2.24, 2.45) is 5.10 Å². The van der Waals surface area contributed by atoms with Crippen LogP contribution in [0.15, 0.2) is 73.4 Å². The first-order valence-corrected chi connectivity index (χ1v) is 13.0. The Morgan fingerprint density at radius 3 is 2.43 bits per heavy atom. The molecule has 0 radical (unpaired) electrons. The van der Waals surface area contributed by atoms with Crippen molar-refractivity contribution < 1.29 is 4.74 Å². The summed E-state index contributed by atoms with van der Waals surface area (Å²) in [5.41, 5.74) is 1.54. The molecule has 0 amide bonds. The molecule has 0 atom stereocenters. The van der Waals surface area contributed by atoms with Gasteiger partial charge < -0.3 is 4.74 Å². The van der Waals surface area contributed by atoms with E-state index in [4.69, 9.17) is 32.9 Å². The minimum absolute atomic E-state index is 0.245. The third kappa shape index (κ3) is 5.97. The largest absolute Gasteiger partial charge is 0.488 e. The average Bonchev–Trinajstić information content (AvgIpc) is 2.79. The molecular weight excluding hydrogens is 617 g/mol. The predicted octanol–water partition coefficient (Wildman–Crippen LogP) is 7.99. The maximum absolute atomic E-state index is 13.4. The minimum atomic E-state index is -0.414. The predicted molar refractivity (Wildman–Crippen MR) is 150 cm³/mol. The second-order valence-corrected chi connectivity index (χ2v) is 11.6. The summed E-state index contributed by atoms with van der Waals surface area (Å²) in [6.45, 7) is 6.28. The molecule has 0 N–H and O–H groups in total. The van der Waals surface area contributed by atoms with Gasteiger partial charge in [0.1, 0.15) is 18.2 Å². The quantitative estimate of drug-likeness (QED) is 0.209. The Kier molecular flexibility index (Phi) is 7.71. The standard InChI is InChI=1S/C26H21Br2Cl2N3O2/c1-26(2,3)25-32-22-8-5-18(28)12-19(22)24(34)33(25)31-13-16-11-17(27)6-9-23(16)35-14-15-4-7-20(29)21(30)10-15/h4-13H,14H2,1-3H3. The van der Waals surface area contributed by atoms with Gasteiger partial charge in [0.2, 0.25) is 0 Å². The number of benzene rings is 3. The van der Waals surface area contributed by atoms with Crippen molar-refractivity contribution >= 4 is 72.2 Å². The summed E-state index contributed by atoms with van der Waals surface area (Å²) in [6, 6.07) is 16.4. The summed E-state index contributed by atoms with van der Waals surface area (Å²) in [6.07, 6.45) is 1.61. The summed E-state index contributed by atoms with van der Waals surface area (Å²) in [4.78, 5) is 18.2. The van der Waals surface area contributed by atoms with Crippen LogP contribution in [0.5, 0.6) is 5.75 Å². The zero-order valence-electron chi connectivity index (χ0n) is 19.2. The van der Waals surface area contributed by atoms with Gasteiger partial charge in [0.15, 0.2) is 0 Å².